The van der Waals surface area contributed by atoms with Gasteiger partial charge in [0.25, 0.3) is 0 Å². The molecule has 296 valence electrons. The molecular formula is C42H56FN7O5. The highest BCUT2D eigenvalue weighted by molar-refractivity contribution is 6.23. The standard InChI is InChI=1S/C23H26N4O2.C18H25N3O3.CH4.FH/c1-27(2)20-6-3-16(4-7-20)11-23(28)26-18-5-8-22-21(13-18)17(9-10-29-22)12-19-14-24-15-25-19;1-18(2,3)24-17(22)11-21-14(10-19)8-12-6-7-23-16-5-4-13(20)9-15(12)16;;/h3-8,13-15,17H,9-12H2,1-2H3,(H,24,25)(H,26,28);4-5,9-12H,6-8,19-20H2,1-3H3;1H4;1H/b;14-10-,21-11?;;. The van der Waals surface area contributed by atoms with Gasteiger partial charge < -0.3 is 40.9 Å². The first-order valence-corrected chi connectivity index (χ1v) is 17.9. The number of hydrogen-bond acceptors (Lipinski definition) is 10. The number of amides is 1. The minimum atomic E-state index is -0.549. The van der Waals surface area contributed by atoms with Crippen molar-refractivity contribution in [2.24, 2.45) is 10.7 Å². The molecule has 3 aromatic carbocycles. The van der Waals surface area contributed by atoms with Crippen LogP contribution in [0.25, 0.3) is 0 Å². The van der Waals surface area contributed by atoms with Crippen molar-refractivity contribution >= 4 is 35.2 Å². The number of halogens is 1. The van der Waals surface area contributed by atoms with Crippen molar-refractivity contribution in [2.45, 2.75) is 77.7 Å². The number of allylic oxidation sites excluding steroid dienone is 1. The zero-order valence-corrected chi connectivity index (χ0v) is 31.6. The highest BCUT2D eigenvalue weighted by Gasteiger charge is 2.24. The Hall–Kier alpha value is -5.85. The van der Waals surface area contributed by atoms with Gasteiger partial charge in [-0.25, -0.2) is 9.78 Å². The van der Waals surface area contributed by atoms with Crippen LogP contribution in [0.4, 0.5) is 21.8 Å². The lowest BCUT2D eigenvalue weighted by molar-refractivity contribution is -0.145. The van der Waals surface area contributed by atoms with Gasteiger partial charge in [0.15, 0.2) is 0 Å². The van der Waals surface area contributed by atoms with Crippen LogP contribution < -0.4 is 31.2 Å². The number of aliphatic imine (C=N–C) groups is 1. The zero-order chi connectivity index (χ0) is 38.0. The second-order valence-corrected chi connectivity index (χ2v) is 14.4. The SMILES string of the molecule is C.CC(C)(C)OC(=O)C=N/C(=C\N)CC1CCOc2ccc(N)cc21.CN(C)c1ccc(CC(=O)Nc2ccc3c(c2)C(Cc2cnc[nH]2)CCO3)cc1.F. The number of aromatic nitrogens is 2. The number of hydrogen-bond donors (Lipinski definition) is 4. The van der Waals surface area contributed by atoms with Crippen LogP contribution in [0.3, 0.4) is 0 Å². The lowest BCUT2D eigenvalue weighted by Crippen LogP contribution is -2.24. The first kappa shape index (κ1) is 43.6. The van der Waals surface area contributed by atoms with Crippen molar-refractivity contribution in [2.75, 3.05) is 43.3 Å². The fourth-order valence-electron chi connectivity index (χ4n) is 6.30. The molecule has 2 aliphatic rings. The molecule has 1 amide bonds. The minimum Gasteiger partial charge on any atom is -0.493 e. The molecule has 55 heavy (non-hydrogen) atoms. The quantitative estimate of drug-likeness (QED) is 0.0737. The second kappa shape index (κ2) is 20.0. The average molecular weight is 758 g/mol. The van der Waals surface area contributed by atoms with Crippen molar-refractivity contribution in [3.05, 3.63) is 107 Å². The predicted molar refractivity (Wildman–Crippen MR) is 219 cm³/mol. The Morgan fingerprint density at radius 1 is 1.00 bits per heavy atom. The largest absolute Gasteiger partial charge is 0.493 e. The number of nitrogens with one attached hydrogen (secondary N) is 2. The van der Waals surface area contributed by atoms with E-state index in [2.05, 4.69) is 20.3 Å². The molecule has 6 N–H and O–H groups in total. The number of ether oxygens (including phenoxy) is 3. The van der Waals surface area contributed by atoms with Gasteiger partial charge in [0, 0.05) is 49.2 Å². The first-order chi connectivity index (χ1) is 25.4. The monoisotopic (exact) mass is 757 g/mol. The van der Waals surface area contributed by atoms with E-state index in [9.17, 15) is 9.59 Å². The number of fused-ring (bicyclic) bond motifs is 2. The normalized spacial score (nSPS) is 16.0. The Bertz CT molecular complexity index is 1900. The van der Waals surface area contributed by atoms with Crippen molar-refractivity contribution in [3.8, 4) is 11.5 Å². The highest BCUT2D eigenvalue weighted by atomic mass is 19.0. The third-order valence-corrected chi connectivity index (χ3v) is 8.88. The molecule has 0 spiro atoms. The molecule has 0 bridgehead atoms. The number of carbonyl (C=O) groups excluding carboxylic acids is 2. The van der Waals surface area contributed by atoms with Crippen LogP contribution in [0.1, 0.15) is 81.7 Å². The minimum absolute atomic E-state index is 0. The van der Waals surface area contributed by atoms with Crippen LogP contribution in [0, 0.1) is 0 Å². The third kappa shape index (κ3) is 12.9. The van der Waals surface area contributed by atoms with Gasteiger partial charge in [0.05, 0.1) is 31.7 Å². The maximum absolute atomic E-state index is 12.5. The summed E-state index contributed by atoms with van der Waals surface area (Å²) in [7, 11) is 4.00. The number of rotatable bonds is 10. The molecule has 0 aliphatic carbocycles. The summed E-state index contributed by atoms with van der Waals surface area (Å²) in [6.07, 6.45) is 9.78. The summed E-state index contributed by atoms with van der Waals surface area (Å²) in [6, 6.07) is 19.6. The van der Waals surface area contributed by atoms with E-state index in [1.54, 1.807) is 6.33 Å². The molecule has 6 rings (SSSR count). The molecule has 13 heteroatoms. The molecule has 0 saturated heterocycles. The molecule has 12 nitrogen and oxygen atoms in total. The lowest BCUT2D eigenvalue weighted by Gasteiger charge is -2.26. The van der Waals surface area contributed by atoms with Crippen LogP contribution in [0.5, 0.6) is 11.5 Å². The summed E-state index contributed by atoms with van der Waals surface area (Å²) in [6.45, 7) is 6.76. The molecule has 2 unspecified atom stereocenters. The summed E-state index contributed by atoms with van der Waals surface area (Å²) < 4.78 is 16.7. The van der Waals surface area contributed by atoms with Gasteiger partial charge in [-0.15, -0.1) is 0 Å². The van der Waals surface area contributed by atoms with Crippen molar-refractivity contribution in [1.29, 1.82) is 0 Å². The van der Waals surface area contributed by atoms with E-state index < -0.39 is 11.6 Å². The first-order valence-electron chi connectivity index (χ1n) is 17.9. The number of nitrogen functional groups attached to an aromatic ring is 1. The Morgan fingerprint density at radius 3 is 2.27 bits per heavy atom. The van der Waals surface area contributed by atoms with Crippen molar-refractivity contribution in [1.82, 2.24) is 9.97 Å². The summed E-state index contributed by atoms with van der Waals surface area (Å²) in [5.74, 6) is 1.77. The van der Waals surface area contributed by atoms with Crippen LogP contribution >= 0.6 is 0 Å². The summed E-state index contributed by atoms with van der Waals surface area (Å²) in [4.78, 5) is 37.8. The molecule has 2 aliphatic heterocycles. The lowest BCUT2D eigenvalue weighted by atomic mass is 9.89. The van der Waals surface area contributed by atoms with E-state index in [1.165, 1.54) is 12.4 Å². The van der Waals surface area contributed by atoms with Crippen LogP contribution in [-0.2, 0) is 27.2 Å². The number of imidazole rings is 1. The maximum Gasteiger partial charge on any atom is 0.349 e. The number of carbonyl (C=O) groups is 2. The zero-order valence-electron chi connectivity index (χ0n) is 31.6. The van der Waals surface area contributed by atoms with Gasteiger partial charge >= 0.3 is 5.97 Å². The number of nitrogens with zero attached hydrogens (tertiary/aromatic N) is 3. The van der Waals surface area contributed by atoms with Gasteiger partial charge in [-0.1, -0.05) is 19.6 Å². The van der Waals surface area contributed by atoms with E-state index in [1.807, 2.05) is 107 Å². The Labute approximate surface area is 323 Å². The second-order valence-electron chi connectivity index (χ2n) is 14.4. The average Bonchev–Trinajstić information content (AvgIpc) is 3.63. The molecule has 0 radical (unpaired) electrons. The van der Waals surface area contributed by atoms with Crippen LogP contribution in [0.2, 0.25) is 0 Å². The van der Waals surface area contributed by atoms with E-state index in [-0.39, 0.29) is 24.0 Å². The summed E-state index contributed by atoms with van der Waals surface area (Å²) in [5, 5.41) is 3.03. The Morgan fingerprint density at radius 2 is 1.65 bits per heavy atom. The fourth-order valence-corrected chi connectivity index (χ4v) is 6.30. The highest BCUT2D eigenvalue weighted by Crippen LogP contribution is 2.39. The number of benzene rings is 3. The molecule has 2 atom stereocenters. The molecule has 3 heterocycles. The Balaban J connectivity index is 0.000000290. The van der Waals surface area contributed by atoms with E-state index >= 15 is 0 Å². The molecule has 4 aromatic rings. The van der Waals surface area contributed by atoms with E-state index in [4.69, 9.17) is 25.7 Å². The maximum atomic E-state index is 12.5. The number of aromatic amines is 1. The molecule has 0 fully saturated rings. The third-order valence-electron chi connectivity index (χ3n) is 8.88. The van der Waals surface area contributed by atoms with E-state index in [0.29, 0.717) is 43.4 Å². The van der Waals surface area contributed by atoms with Gasteiger partial charge in [0.1, 0.15) is 23.3 Å². The fraction of sp³-hybridized carbons (Fsp3) is 0.381. The van der Waals surface area contributed by atoms with E-state index in [0.717, 1.165) is 64.5 Å². The van der Waals surface area contributed by atoms with Crippen molar-refractivity contribution < 1.29 is 28.5 Å². The number of H-pyrrole nitrogens is 1. The number of anilines is 3. The van der Waals surface area contributed by atoms with Crippen molar-refractivity contribution in [3.63, 3.8) is 0 Å². The Kier molecular flexibility index (Phi) is 15.8. The summed E-state index contributed by atoms with van der Waals surface area (Å²) >= 11 is 0. The molecule has 1 aromatic heterocycles. The van der Waals surface area contributed by atoms with Gasteiger partial charge in [-0.2, -0.15) is 0 Å². The topological polar surface area (TPSA) is 170 Å². The molecule has 0 saturated carbocycles. The molecular weight excluding hydrogens is 702 g/mol. The predicted octanol–water partition coefficient (Wildman–Crippen LogP) is 7.29. The summed E-state index contributed by atoms with van der Waals surface area (Å²) in [5.41, 5.74) is 18.5. The van der Waals surface area contributed by atoms with Gasteiger partial charge in [-0.3, -0.25) is 14.5 Å². The van der Waals surface area contributed by atoms with Gasteiger partial charge in [-0.05, 0) is 124 Å². The van der Waals surface area contributed by atoms with Gasteiger partial charge in [0.2, 0.25) is 5.91 Å². The number of esters is 1. The van der Waals surface area contributed by atoms with Crippen LogP contribution in [-0.4, -0.2) is 61.0 Å². The smallest absolute Gasteiger partial charge is 0.349 e. The number of nitrogens with two attached hydrogens (primary N) is 2. The van der Waals surface area contributed by atoms with Crippen LogP contribution in [0.15, 0.2) is 90.1 Å².